The Bertz CT molecular complexity index is 1320. The summed E-state index contributed by atoms with van der Waals surface area (Å²) in [6.07, 6.45) is 3.00. The minimum Gasteiger partial charge on any atom is -0.396 e. The lowest BCUT2D eigenvalue weighted by molar-refractivity contribution is -0.245. The van der Waals surface area contributed by atoms with E-state index in [9.17, 15) is 19.8 Å². The number of rotatable bonds is 16. The molecule has 8 nitrogen and oxygen atoms in total. The van der Waals surface area contributed by atoms with Gasteiger partial charge in [0.05, 0.1) is 25.4 Å². The summed E-state index contributed by atoms with van der Waals surface area (Å²) in [7, 11) is 0. The van der Waals surface area contributed by atoms with Crippen molar-refractivity contribution >= 4 is 23.6 Å². The number of hydrogen-bond acceptors (Lipinski definition) is 7. The van der Waals surface area contributed by atoms with Crippen molar-refractivity contribution in [3.8, 4) is 11.1 Å². The van der Waals surface area contributed by atoms with Gasteiger partial charge in [0, 0.05) is 49.9 Å². The van der Waals surface area contributed by atoms with Crippen LogP contribution in [0, 0.1) is 0 Å². The predicted octanol–water partition coefficient (Wildman–Crippen LogP) is 5.43. The Balaban J connectivity index is 1.38. The zero-order valence-electron chi connectivity index (χ0n) is 25.4. The van der Waals surface area contributed by atoms with E-state index >= 15 is 0 Å². The number of hydrogen-bond donors (Lipinski definition) is 4. The van der Waals surface area contributed by atoms with E-state index in [4.69, 9.17) is 9.47 Å². The molecule has 2 amide bonds. The van der Waals surface area contributed by atoms with Crippen molar-refractivity contribution in [3.63, 3.8) is 0 Å². The maximum Gasteiger partial charge on any atom is 0.220 e. The molecular formula is C35H44N2O6S. The summed E-state index contributed by atoms with van der Waals surface area (Å²) in [5.41, 5.74) is 5.96. The van der Waals surface area contributed by atoms with Crippen molar-refractivity contribution in [2.24, 2.45) is 0 Å². The van der Waals surface area contributed by atoms with E-state index < -0.39 is 6.29 Å². The number of amides is 2. The van der Waals surface area contributed by atoms with Crippen molar-refractivity contribution in [2.75, 3.05) is 24.7 Å². The fourth-order valence-electron chi connectivity index (χ4n) is 5.21. The van der Waals surface area contributed by atoms with E-state index in [1.165, 1.54) is 6.92 Å². The number of benzene rings is 3. The largest absolute Gasteiger partial charge is 0.396 e. The monoisotopic (exact) mass is 620 g/mol. The summed E-state index contributed by atoms with van der Waals surface area (Å²) in [6, 6.07) is 24.1. The molecule has 0 bridgehead atoms. The van der Waals surface area contributed by atoms with Crippen molar-refractivity contribution in [3.05, 3.63) is 95.1 Å². The van der Waals surface area contributed by atoms with Crippen LogP contribution in [0.15, 0.2) is 72.8 Å². The van der Waals surface area contributed by atoms with Gasteiger partial charge in [-0.3, -0.25) is 9.59 Å². The standard InChI is InChI=1S/C35H44N2O6S/c1-25(40)36-18-6-2-3-9-34(41)37-22-30-7-4-5-8-32(30)27-14-16-29(17-15-27)35-42-31(24-44-20-19-38)21-33(43-35)28-12-10-26(23-39)11-13-28/h4-5,7-8,10-17,31,33,35,38-39H,2-3,6,9,18-24H2,1H3,(H,36,40)(H,37,41)/t31-,33+,35+/m0/s1. The molecule has 236 valence electrons. The SMILES string of the molecule is CC(=O)NCCCCCC(=O)NCc1ccccc1-c1ccc([C@@H]2O[C@H](CSCCO)C[C@H](c3ccc(CO)cc3)O2)cc1. The third-order valence-electron chi connectivity index (χ3n) is 7.60. The van der Waals surface area contributed by atoms with Crippen LogP contribution in [-0.2, 0) is 32.2 Å². The Kier molecular flexibility index (Phi) is 13.7. The van der Waals surface area contributed by atoms with E-state index in [2.05, 4.69) is 28.8 Å². The molecule has 0 saturated carbocycles. The number of aliphatic hydroxyl groups excluding tert-OH is 2. The van der Waals surface area contributed by atoms with Gasteiger partial charge in [0.2, 0.25) is 11.8 Å². The third kappa shape index (κ3) is 10.5. The molecule has 3 aromatic carbocycles. The maximum atomic E-state index is 12.5. The zero-order chi connectivity index (χ0) is 31.1. The van der Waals surface area contributed by atoms with E-state index in [1.54, 1.807) is 11.8 Å². The number of unbranched alkanes of at least 4 members (excludes halogenated alkanes) is 2. The van der Waals surface area contributed by atoms with Crippen molar-refractivity contribution in [2.45, 2.75) is 70.7 Å². The number of nitrogens with one attached hydrogen (secondary N) is 2. The normalized spacial score (nSPS) is 18.1. The van der Waals surface area contributed by atoms with Gasteiger partial charge in [-0.15, -0.1) is 0 Å². The molecule has 1 aliphatic heterocycles. The molecule has 0 unspecified atom stereocenters. The molecule has 0 radical (unpaired) electrons. The van der Waals surface area contributed by atoms with Crippen molar-refractivity contribution < 1.29 is 29.3 Å². The first-order valence-corrected chi connectivity index (χ1v) is 16.5. The van der Waals surface area contributed by atoms with Crippen molar-refractivity contribution in [1.82, 2.24) is 10.6 Å². The van der Waals surface area contributed by atoms with E-state index in [0.717, 1.165) is 58.4 Å². The Labute approximate surface area is 264 Å². The second-order valence-corrected chi connectivity index (χ2v) is 12.1. The highest BCUT2D eigenvalue weighted by Gasteiger charge is 2.32. The third-order valence-corrected chi connectivity index (χ3v) is 8.67. The predicted molar refractivity (Wildman–Crippen MR) is 174 cm³/mol. The Morgan fingerprint density at radius 3 is 2.36 bits per heavy atom. The average Bonchev–Trinajstić information content (AvgIpc) is 3.05. The highest BCUT2D eigenvalue weighted by Crippen LogP contribution is 2.39. The van der Waals surface area contributed by atoms with E-state index in [0.29, 0.717) is 31.7 Å². The van der Waals surface area contributed by atoms with Gasteiger partial charge in [-0.2, -0.15) is 11.8 Å². The molecule has 3 aromatic rings. The van der Waals surface area contributed by atoms with Gasteiger partial charge in [-0.1, -0.05) is 79.2 Å². The van der Waals surface area contributed by atoms with Gasteiger partial charge in [-0.25, -0.2) is 0 Å². The van der Waals surface area contributed by atoms with Gasteiger partial charge < -0.3 is 30.3 Å². The van der Waals surface area contributed by atoms with Crippen LogP contribution in [0.4, 0.5) is 0 Å². The molecule has 0 spiro atoms. The topological polar surface area (TPSA) is 117 Å². The molecule has 9 heteroatoms. The number of carbonyl (C=O) groups excluding carboxylic acids is 2. The molecule has 0 aromatic heterocycles. The minimum atomic E-state index is -0.534. The lowest BCUT2D eigenvalue weighted by Gasteiger charge is -2.36. The maximum absolute atomic E-state index is 12.5. The van der Waals surface area contributed by atoms with Crippen LogP contribution in [-0.4, -0.2) is 52.8 Å². The highest BCUT2D eigenvalue weighted by molar-refractivity contribution is 7.99. The van der Waals surface area contributed by atoms with E-state index in [1.807, 2.05) is 54.6 Å². The Morgan fingerprint density at radius 2 is 1.64 bits per heavy atom. The van der Waals surface area contributed by atoms with Gasteiger partial charge in [0.1, 0.15) is 0 Å². The number of ether oxygens (including phenoxy) is 2. The first-order chi connectivity index (χ1) is 21.5. The first kappa shape index (κ1) is 33.7. The molecule has 1 fully saturated rings. The Hall–Kier alpha value is -3.21. The molecule has 4 rings (SSSR count). The van der Waals surface area contributed by atoms with Crippen molar-refractivity contribution in [1.29, 1.82) is 0 Å². The molecule has 1 aliphatic rings. The minimum absolute atomic E-state index is 0.00192. The number of aliphatic hydroxyl groups is 2. The van der Waals surface area contributed by atoms with Gasteiger partial charge in [-0.05, 0) is 40.7 Å². The molecule has 1 heterocycles. The summed E-state index contributed by atoms with van der Waals surface area (Å²) in [5.74, 6) is 1.42. The van der Waals surface area contributed by atoms with Crippen LogP contribution in [0.2, 0.25) is 0 Å². The quantitative estimate of drug-likeness (QED) is 0.158. The fraction of sp³-hybridized carbons (Fsp3) is 0.429. The summed E-state index contributed by atoms with van der Waals surface area (Å²) >= 11 is 1.67. The summed E-state index contributed by atoms with van der Waals surface area (Å²) in [5, 5.41) is 24.5. The average molecular weight is 621 g/mol. The number of thioether (sulfide) groups is 1. The molecule has 3 atom stereocenters. The van der Waals surface area contributed by atoms with Crippen LogP contribution < -0.4 is 10.6 Å². The Morgan fingerprint density at radius 1 is 0.886 bits per heavy atom. The molecule has 1 saturated heterocycles. The summed E-state index contributed by atoms with van der Waals surface area (Å²) < 4.78 is 12.8. The van der Waals surface area contributed by atoms with Crippen LogP contribution in [0.1, 0.15) is 73.7 Å². The molecular weight excluding hydrogens is 576 g/mol. The van der Waals surface area contributed by atoms with Gasteiger partial charge >= 0.3 is 0 Å². The second kappa shape index (κ2) is 17.9. The zero-order valence-corrected chi connectivity index (χ0v) is 26.2. The van der Waals surface area contributed by atoms with Crippen LogP contribution in [0.5, 0.6) is 0 Å². The van der Waals surface area contributed by atoms with Gasteiger partial charge in [0.25, 0.3) is 0 Å². The lowest BCUT2D eigenvalue weighted by atomic mass is 9.97. The summed E-state index contributed by atoms with van der Waals surface area (Å²) in [4.78, 5) is 23.4. The van der Waals surface area contributed by atoms with Crippen LogP contribution in [0.25, 0.3) is 11.1 Å². The fourth-order valence-corrected chi connectivity index (χ4v) is 5.99. The smallest absolute Gasteiger partial charge is 0.220 e. The first-order valence-electron chi connectivity index (χ1n) is 15.4. The molecule has 4 N–H and O–H groups in total. The van der Waals surface area contributed by atoms with Crippen LogP contribution >= 0.6 is 11.8 Å². The number of carbonyl (C=O) groups is 2. The molecule has 44 heavy (non-hydrogen) atoms. The van der Waals surface area contributed by atoms with Crippen LogP contribution in [0.3, 0.4) is 0 Å². The second-order valence-electron chi connectivity index (χ2n) is 11.0. The van der Waals surface area contributed by atoms with E-state index in [-0.39, 0.29) is 37.2 Å². The van der Waals surface area contributed by atoms with Gasteiger partial charge in [0.15, 0.2) is 6.29 Å². The lowest BCUT2D eigenvalue weighted by Crippen LogP contribution is -2.31. The summed E-state index contributed by atoms with van der Waals surface area (Å²) in [6.45, 7) is 2.74. The molecule has 0 aliphatic carbocycles. The highest BCUT2D eigenvalue weighted by atomic mass is 32.2.